The van der Waals surface area contributed by atoms with Gasteiger partial charge in [0.05, 0.1) is 27.9 Å². The van der Waals surface area contributed by atoms with Gasteiger partial charge < -0.3 is 14.8 Å². The van der Waals surface area contributed by atoms with Crippen molar-refractivity contribution in [1.82, 2.24) is 0 Å². The van der Waals surface area contributed by atoms with Gasteiger partial charge in [-0.1, -0.05) is 41.9 Å². The molecular formula is C24H18BrClF3NO3. The fourth-order valence-electron chi connectivity index (χ4n) is 2.85. The molecule has 0 bridgehead atoms. The molecule has 0 radical (unpaired) electrons. The monoisotopic (exact) mass is 539 g/mol. The van der Waals surface area contributed by atoms with Gasteiger partial charge in [0.1, 0.15) is 6.61 Å². The standard InChI is InChI=1S/C24H18BrClF3NO3/c1-32-21-12-16(11-18(25)23(21)33-14-15-5-3-2-4-6-15)7-10-22(31)30-20-13-17(24(27,28)29)8-9-19(20)26/h2-13H,14H2,1H3,(H,30,31). The second-order valence-corrected chi connectivity index (χ2v) is 8.08. The summed E-state index contributed by atoms with van der Waals surface area (Å²) in [6, 6.07) is 15.7. The third-order valence-corrected chi connectivity index (χ3v) is 5.38. The Morgan fingerprint density at radius 2 is 1.85 bits per heavy atom. The normalized spacial score (nSPS) is 11.5. The van der Waals surface area contributed by atoms with E-state index in [1.165, 1.54) is 19.3 Å². The van der Waals surface area contributed by atoms with Gasteiger partial charge in [0.25, 0.3) is 0 Å². The van der Waals surface area contributed by atoms with Gasteiger partial charge in [0.2, 0.25) is 5.91 Å². The molecule has 3 aromatic carbocycles. The summed E-state index contributed by atoms with van der Waals surface area (Å²) < 4.78 is 50.6. The molecule has 0 fully saturated rings. The molecule has 0 aromatic heterocycles. The van der Waals surface area contributed by atoms with Crippen LogP contribution in [0.1, 0.15) is 16.7 Å². The minimum absolute atomic E-state index is 0.00548. The molecule has 33 heavy (non-hydrogen) atoms. The van der Waals surface area contributed by atoms with Crippen LogP contribution in [0.4, 0.5) is 18.9 Å². The number of ether oxygens (including phenoxy) is 2. The van der Waals surface area contributed by atoms with Crippen molar-refractivity contribution in [3.8, 4) is 11.5 Å². The molecule has 1 N–H and O–H groups in total. The summed E-state index contributed by atoms with van der Waals surface area (Å²) in [6.45, 7) is 0.338. The first-order valence-corrected chi connectivity index (χ1v) is 10.7. The van der Waals surface area contributed by atoms with E-state index in [0.717, 1.165) is 23.8 Å². The second kappa shape index (κ2) is 10.8. The summed E-state index contributed by atoms with van der Waals surface area (Å²) in [5.41, 5.74) is 0.548. The lowest BCUT2D eigenvalue weighted by Crippen LogP contribution is -2.11. The average molecular weight is 541 g/mol. The molecular weight excluding hydrogens is 523 g/mol. The van der Waals surface area contributed by atoms with Gasteiger partial charge in [-0.2, -0.15) is 13.2 Å². The fraction of sp³-hybridized carbons (Fsp3) is 0.125. The van der Waals surface area contributed by atoms with Crippen LogP contribution in [0.2, 0.25) is 5.02 Å². The number of hydrogen-bond acceptors (Lipinski definition) is 3. The molecule has 0 saturated heterocycles. The van der Waals surface area contributed by atoms with Crippen LogP contribution in [-0.2, 0) is 17.6 Å². The summed E-state index contributed by atoms with van der Waals surface area (Å²) in [5, 5.41) is 2.36. The van der Waals surface area contributed by atoms with Crippen molar-refractivity contribution in [2.24, 2.45) is 0 Å². The number of hydrogen-bond donors (Lipinski definition) is 1. The number of carbonyl (C=O) groups excluding carboxylic acids is 1. The van der Waals surface area contributed by atoms with Gasteiger partial charge in [-0.25, -0.2) is 0 Å². The van der Waals surface area contributed by atoms with E-state index < -0.39 is 17.6 Å². The lowest BCUT2D eigenvalue weighted by Gasteiger charge is -2.14. The van der Waals surface area contributed by atoms with Crippen molar-refractivity contribution >= 4 is 45.2 Å². The Kier molecular flexibility index (Phi) is 8.05. The molecule has 3 rings (SSSR count). The number of carbonyl (C=O) groups is 1. The van der Waals surface area contributed by atoms with Crippen LogP contribution in [0.25, 0.3) is 6.08 Å². The topological polar surface area (TPSA) is 47.6 Å². The Labute approximate surface area is 202 Å². The van der Waals surface area contributed by atoms with Crippen molar-refractivity contribution in [1.29, 1.82) is 0 Å². The van der Waals surface area contributed by atoms with Gasteiger partial charge >= 0.3 is 6.18 Å². The zero-order valence-electron chi connectivity index (χ0n) is 17.2. The molecule has 172 valence electrons. The molecule has 0 atom stereocenters. The maximum atomic E-state index is 12.9. The number of rotatable bonds is 7. The largest absolute Gasteiger partial charge is 0.493 e. The van der Waals surface area contributed by atoms with Gasteiger partial charge in [0.15, 0.2) is 11.5 Å². The summed E-state index contributed by atoms with van der Waals surface area (Å²) >= 11 is 9.36. The summed E-state index contributed by atoms with van der Waals surface area (Å²) in [7, 11) is 1.49. The van der Waals surface area contributed by atoms with E-state index in [4.69, 9.17) is 21.1 Å². The number of methoxy groups -OCH3 is 1. The van der Waals surface area contributed by atoms with Gasteiger partial charge in [0, 0.05) is 6.08 Å². The lowest BCUT2D eigenvalue weighted by molar-refractivity contribution is -0.137. The number of amides is 1. The van der Waals surface area contributed by atoms with Crippen LogP contribution in [-0.4, -0.2) is 13.0 Å². The summed E-state index contributed by atoms with van der Waals surface area (Å²) in [4.78, 5) is 12.3. The van der Waals surface area contributed by atoms with E-state index in [9.17, 15) is 18.0 Å². The van der Waals surface area contributed by atoms with Crippen molar-refractivity contribution in [3.63, 3.8) is 0 Å². The maximum Gasteiger partial charge on any atom is 0.416 e. The second-order valence-electron chi connectivity index (χ2n) is 6.82. The third kappa shape index (κ3) is 6.76. The summed E-state index contributed by atoms with van der Waals surface area (Å²) in [5.74, 6) is 0.302. The Morgan fingerprint density at radius 3 is 2.52 bits per heavy atom. The quantitative estimate of drug-likeness (QED) is 0.319. The molecule has 0 aliphatic carbocycles. The van der Waals surface area contributed by atoms with Crippen LogP contribution in [0.5, 0.6) is 11.5 Å². The number of halogens is 5. The van der Waals surface area contributed by atoms with E-state index in [1.54, 1.807) is 12.1 Å². The highest BCUT2D eigenvalue weighted by atomic mass is 79.9. The lowest BCUT2D eigenvalue weighted by atomic mass is 10.1. The predicted molar refractivity (Wildman–Crippen MR) is 126 cm³/mol. The zero-order valence-corrected chi connectivity index (χ0v) is 19.6. The van der Waals surface area contributed by atoms with E-state index in [0.29, 0.717) is 28.1 Å². The van der Waals surface area contributed by atoms with Crippen LogP contribution in [0.15, 0.2) is 71.2 Å². The molecule has 1 amide bonds. The van der Waals surface area contributed by atoms with Crippen molar-refractivity contribution < 1.29 is 27.4 Å². The molecule has 0 aliphatic heterocycles. The first-order chi connectivity index (χ1) is 15.7. The Morgan fingerprint density at radius 1 is 1.12 bits per heavy atom. The smallest absolute Gasteiger partial charge is 0.416 e. The van der Waals surface area contributed by atoms with Gasteiger partial charge in [-0.05, 0) is 63.5 Å². The van der Waals surface area contributed by atoms with E-state index >= 15 is 0 Å². The highest BCUT2D eigenvalue weighted by molar-refractivity contribution is 9.10. The van der Waals surface area contributed by atoms with Crippen molar-refractivity contribution in [2.75, 3.05) is 12.4 Å². The predicted octanol–water partition coefficient (Wildman–Crippen LogP) is 7.36. The zero-order chi connectivity index (χ0) is 24.0. The molecule has 0 spiro atoms. The number of nitrogens with one attached hydrogen (secondary N) is 1. The average Bonchev–Trinajstić information content (AvgIpc) is 2.78. The van der Waals surface area contributed by atoms with Crippen molar-refractivity contribution in [3.05, 3.63) is 92.9 Å². The summed E-state index contributed by atoms with van der Waals surface area (Å²) in [6.07, 6.45) is -1.87. The molecule has 0 unspecified atom stereocenters. The van der Waals surface area contributed by atoms with Gasteiger partial charge in [-0.15, -0.1) is 0 Å². The highest BCUT2D eigenvalue weighted by Crippen LogP contribution is 2.38. The number of alkyl halides is 3. The minimum Gasteiger partial charge on any atom is -0.493 e. The molecule has 3 aromatic rings. The first kappa shape index (κ1) is 24.7. The van der Waals surface area contributed by atoms with Gasteiger partial charge in [-0.3, -0.25) is 4.79 Å². The van der Waals surface area contributed by atoms with Crippen molar-refractivity contribution in [2.45, 2.75) is 12.8 Å². The third-order valence-electron chi connectivity index (χ3n) is 4.46. The number of benzene rings is 3. The van der Waals surface area contributed by atoms with Crippen LogP contribution < -0.4 is 14.8 Å². The Bertz CT molecular complexity index is 1170. The van der Waals surface area contributed by atoms with E-state index in [2.05, 4.69) is 21.2 Å². The highest BCUT2D eigenvalue weighted by Gasteiger charge is 2.31. The van der Waals surface area contributed by atoms with Crippen LogP contribution in [0.3, 0.4) is 0 Å². The molecule has 0 heterocycles. The maximum absolute atomic E-state index is 12.9. The molecule has 4 nitrogen and oxygen atoms in total. The fourth-order valence-corrected chi connectivity index (χ4v) is 3.59. The minimum atomic E-state index is -4.55. The van der Waals surface area contributed by atoms with E-state index in [1.807, 2.05) is 30.3 Å². The van der Waals surface area contributed by atoms with Crippen LogP contribution >= 0.6 is 27.5 Å². The Hall–Kier alpha value is -2.97. The first-order valence-electron chi connectivity index (χ1n) is 9.57. The Balaban J connectivity index is 1.73. The van der Waals surface area contributed by atoms with E-state index in [-0.39, 0.29) is 10.7 Å². The molecule has 0 aliphatic rings. The molecule has 9 heteroatoms. The SMILES string of the molecule is COc1cc(C=CC(=O)Nc2cc(C(F)(F)F)ccc2Cl)cc(Br)c1OCc1ccccc1. The molecule has 0 saturated carbocycles. The van der Waals surface area contributed by atoms with Crippen LogP contribution in [0, 0.1) is 0 Å². The number of anilines is 1.